The molecule has 2 aromatic rings. The molecule has 0 saturated heterocycles. The van der Waals surface area contributed by atoms with Crippen molar-refractivity contribution in [2.24, 2.45) is 0 Å². The number of hydrogen-bond acceptors (Lipinski definition) is 1. The van der Waals surface area contributed by atoms with Crippen LogP contribution in [0.25, 0.3) is 0 Å². The van der Waals surface area contributed by atoms with Gasteiger partial charge in [-0.3, -0.25) is 0 Å². The highest BCUT2D eigenvalue weighted by Crippen LogP contribution is 2.45. The van der Waals surface area contributed by atoms with Crippen LogP contribution in [-0.2, 0) is 5.67 Å². The highest BCUT2D eigenvalue weighted by Gasteiger charge is 2.57. The predicted octanol–water partition coefficient (Wildman–Crippen LogP) is 4.45. The van der Waals surface area contributed by atoms with E-state index in [0.717, 1.165) is 5.46 Å². The average molecular weight is 406 g/mol. The van der Waals surface area contributed by atoms with Crippen LogP contribution in [0.2, 0.25) is 0 Å². The summed E-state index contributed by atoms with van der Waals surface area (Å²) in [5.74, 6) is 0.444. The van der Waals surface area contributed by atoms with E-state index in [-0.39, 0.29) is 16.8 Å². The molecule has 0 nitrogen and oxygen atoms in total. The number of benzene rings is 2. The lowest BCUT2D eigenvalue weighted by Gasteiger charge is -2.29. The van der Waals surface area contributed by atoms with Gasteiger partial charge in [0.2, 0.25) is 5.67 Å². The molecule has 0 N–H and O–H groups in total. The van der Waals surface area contributed by atoms with Crippen molar-refractivity contribution < 1.29 is 17.6 Å². The van der Waals surface area contributed by atoms with Gasteiger partial charge in [-0.05, 0) is 28.3 Å². The molecule has 0 fully saturated rings. The normalized spacial score (nSPS) is 13.9. The summed E-state index contributed by atoms with van der Waals surface area (Å²) in [5.41, 5.74) is -0.799. The van der Waals surface area contributed by atoms with E-state index in [1.807, 2.05) is 12.1 Å². The second-order valence-electron chi connectivity index (χ2n) is 7.46. The van der Waals surface area contributed by atoms with Crippen molar-refractivity contribution in [3.8, 4) is 0 Å². The van der Waals surface area contributed by atoms with Crippen molar-refractivity contribution >= 4 is 42.3 Å². The van der Waals surface area contributed by atoms with Crippen LogP contribution in [0.15, 0.2) is 48.5 Å². The first-order valence-electron chi connectivity index (χ1n) is 9.52. The Kier molecular flexibility index (Phi) is 7.49. The van der Waals surface area contributed by atoms with Crippen LogP contribution in [0, 0.1) is 0 Å². The van der Waals surface area contributed by atoms with Gasteiger partial charge in [0.15, 0.2) is 0 Å². The number of rotatable bonds is 8. The fraction of sp³-hybridized carbons (Fsp3) is 0.381. The molecule has 28 heavy (non-hydrogen) atoms. The molecular weight excluding hydrogens is 382 g/mol. The van der Waals surface area contributed by atoms with E-state index in [0.29, 0.717) is 25.7 Å². The Morgan fingerprint density at radius 1 is 0.964 bits per heavy atom. The zero-order chi connectivity index (χ0) is 20.9. The Morgan fingerprint density at radius 2 is 1.57 bits per heavy atom. The van der Waals surface area contributed by atoms with Gasteiger partial charge in [-0.25, -0.2) is 4.39 Å². The minimum absolute atomic E-state index is 0.0791. The minimum Gasteiger partial charge on any atom is -0.228 e. The molecule has 0 amide bonds. The highest BCUT2D eigenvalue weighted by molar-refractivity contribution is 7.80. The van der Waals surface area contributed by atoms with Crippen molar-refractivity contribution in [1.82, 2.24) is 0 Å². The number of alkyl halides is 4. The van der Waals surface area contributed by atoms with Gasteiger partial charge in [0.25, 0.3) is 0 Å². The molecule has 0 bridgehead atoms. The van der Waals surface area contributed by atoms with E-state index in [1.165, 1.54) is 23.8 Å². The van der Waals surface area contributed by atoms with Crippen molar-refractivity contribution in [3.63, 3.8) is 0 Å². The maximum absolute atomic E-state index is 15.1. The van der Waals surface area contributed by atoms with Crippen LogP contribution in [0.1, 0.15) is 50.7 Å². The summed E-state index contributed by atoms with van der Waals surface area (Å²) in [5, 5.41) is 0. The Balaban J connectivity index is 2.20. The number of hydrogen-bond donors (Lipinski definition) is 0. The van der Waals surface area contributed by atoms with Crippen molar-refractivity contribution in [3.05, 3.63) is 59.7 Å². The molecule has 0 aliphatic rings. The Labute approximate surface area is 171 Å². The molecule has 2 rings (SSSR count). The van der Waals surface area contributed by atoms with Crippen LogP contribution >= 0.6 is 12.2 Å². The summed E-state index contributed by atoms with van der Waals surface area (Å²) >= 11 is 4.91. The van der Waals surface area contributed by atoms with Crippen LogP contribution in [0.4, 0.5) is 17.6 Å². The lowest BCUT2D eigenvalue weighted by molar-refractivity contribution is -0.233. The molecule has 0 aliphatic heterocycles. The van der Waals surface area contributed by atoms with Gasteiger partial charge in [-0.15, -0.1) is 0 Å². The van der Waals surface area contributed by atoms with Crippen molar-refractivity contribution in [2.75, 3.05) is 0 Å². The van der Waals surface area contributed by atoms with Crippen LogP contribution in [0.5, 0.6) is 0 Å². The second-order valence-corrected chi connectivity index (χ2v) is 8.04. The van der Waals surface area contributed by atoms with Gasteiger partial charge in [0, 0.05) is 6.42 Å². The van der Waals surface area contributed by atoms with Gasteiger partial charge >= 0.3 is 6.18 Å². The average Bonchev–Trinajstić information content (AvgIpc) is 2.65. The van der Waals surface area contributed by atoms with Gasteiger partial charge in [-0.2, -0.15) is 13.2 Å². The molecular formula is C21H24B2F4S. The summed E-state index contributed by atoms with van der Waals surface area (Å²) in [7, 11) is 1.22. The van der Waals surface area contributed by atoms with Crippen molar-refractivity contribution in [1.29, 1.82) is 0 Å². The third-order valence-corrected chi connectivity index (χ3v) is 5.45. The lowest BCUT2D eigenvalue weighted by Crippen LogP contribution is -2.41. The Bertz CT molecular complexity index is 803. The summed E-state index contributed by atoms with van der Waals surface area (Å²) in [6.07, 6.45) is -5.59. The van der Waals surface area contributed by atoms with E-state index in [4.69, 9.17) is 12.2 Å². The first-order valence-corrected chi connectivity index (χ1v) is 9.93. The maximum Gasteiger partial charge on any atom is 0.427 e. The third-order valence-electron chi connectivity index (χ3n) is 5.02. The smallest absolute Gasteiger partial charge is 0.228 e. The van der Waals surface area contributed by atoms with E-state index in [2.05, 4.69) is 26.0 Å². The van der Waals surface area contributed by atoms with E-state index >= 15 is 4.39 Å². The molecule has 0 aliphatic carbocycles. The van der Waals surface area contributed by atoms with Crippen LogP contribution < -0.4 is 10.9 Å². The minimum atomic E-state index is -5.02. The topological polar surface area (TPSA) is 0 Å². The molecule has 7 heteroatoms. The van der Waals surface area contributed by atoms with Crippen LogP contribution in [-0.4, -0.2) is 25.4 Å². The van der Waals surface area contributed by atoms with E-state index in [9.17, 15) is 13.2 Å². The zero-order valence-corrected chi connectivity index (χ0v) is 17.3. The van der Waals surface area contributed by atoms with Gasteiger partial charge in [0.05, 0.1) is 0 Å². The zero-order valence-electron chi connectivity index (χ0n) is 16.4. The van der Waals surface area contributed by atoms with Crippen molar-refractivity contribution in [2.45, 2.75) is 51.4 Å². The quantitative estimate of drug-likeness (QED) is 0.355. The van der Waals surface area contributed by atoms with Gasteiger partial charge < -0.3 is 0 Å². The van der Waals surface area contributed by atoms with Gasteiger partial charge in [-0.1, -0.05) is 92.4 Å². The SMILES string of the molecule is CCC(=S)CC(F)(c1cccc(BBc2ccc(C(C)C)cc2)c1)C(F)(F)F. The molecule has 0 saturated carbocycles. The number of thiocarbonyl (C=S) groups is 1. The molecule has 0 spiro atoms. The lowest BCUT2D eigenvalue weighted by atomic mass is 9.34. The predicted molar refractivity (Wildman–Crippen MR) is 117 cm³/mol. The highest BCUT2D eigenvalue weighted by atomic mass is 32.1. The monoisotopic (exact) mass is 406 g/mol. The molecule has 0 heterocycles. The fourth-order valence-corrected chi connectivity index (χ4v) is 3.29. The third kappa shape index (κ3) is 5.47. The van der Waals surface area contributed by atoms with E-state index < -0.39 is 18.3 Å². The van der Waals surface area contributed by atoms with Crippen LogP contribution in [0.3, 0.4) is 0 Å². The molecule has 148 valence electrons. The van der Waals surface area contributed by atoms with Gasteiger partial charge in [0.1, 0.15) is 14.3 Å². The molecule has 0 aromatic heterocycles. The standard InChI is InChI=1S/C21H24B2F4S/c1-4-19(28)13-20(24,21(25,26)27)16-6-5-7-18(12-16)23-22-17-10-8-15(9-11-17)14(2)3/h5-12,14,22-23H,4,13H2,1-3H3. The molecule has 0 radical (unpaired) electrons. The van der Waals surface area contributed by atoms with E-state index in [1.54, 1.807) is 13.0 Å². The maximum atomic E-state index is 15.1. The second kappa shape index (κ2) is 9.25. The summed E-state index contributed by atoms with van der Waals surface area (Å²) in [6.45, 7) is 5.88. The summed E-state index contributed by atoms with van der Waals surface area (Å²) in [4.78, 5) is 0.0791. The first kappa shape index (κ1) is 22.7. The molecule has 2 aromatic carbocycles. The fourth-order valence-electron chi connectivity index (χ4n) is 3.09. The Hall–Kier alpha value is -1.62. The first-order chi connectivity index (χ1) is 13.1. The number of halogens is 4. The Morgan fingerprint density at radius 3 is 2.11 bits per heavy atom. The largest absolute Gasteiger partial charge is 0.427 e. The molecule has 1 unspecified atom stereocenters. The summed E-state index contributed by atoms with van der Waals surface area (Å²) < 4.78 is 55.7. The summed E-state index contributed by atoms with van der Waals surface area (Å²) in [6, 6.07) is 14.0. The molecule has 1 atom stereocenters.